The van der Waals surface area contributed by atoms with E-state index in [1.54, 1.807) is 0 Å². The van der Waals surface area contributed by atoms with Crippen molar-refractivity contribution in [2.45, 2.75) is 25.9 Å². The number of benzene rings is 2. The molecule has 0 radical (unpaired) electrons. The summed E-state index contributed by atoms with van der Waals surface area (Å²) in [5, 5.41) is 9.83. The number of aliphatic carboxylic acids is 1. The predicted octanol–water partition coefficient (Wildman–Crippen LogP) is 4.15. The molecule has 4 nitrogen and oxygen atoms in total. The monoisotopic (exact) mass is 309 g/mol. The molecule has 0 aliphatic heterocycles. The van der Waals surface area contributed by atoms with E-state index < -0.39 is 5.97 Å². The molecule has 3 aromatic rings. The Morgan fingerprint density at radius 3 is 2.65 bits per heavy atom. The van der Waals surface area contributed by atoms with Gasteiger partial charge in [0.1, 0.15) is 12.4 Å². The molecule has 1 aromatic heterocycles. The molecule has 0 aliphatic rings. The van der Waals surface area contributed by atoms with Gasteiger partial charge in [0.25, 0.3) is 0 Å². The summed E-state index contributed by atoms with van der Waals surface area (Å²) in [5.74, 6) is 0.0703. The molecule has 1 heterocycles. The van der Waals surface area contributed by atoms with Crippen LogP contribution < -0.4 is 4.74 Å². The number of carboxylic acids is 1. The van der Waals surface area contributed by atoms with Crippen LogP contribution in [0.2, 0.25) is 0 Å². The molecule has 0 spiro atoms. The molecule has 2 aromatic carbocycles. The predicted molar refractivity (Wildman–Crippen MR) is 89.6 cm³/mol. The van der Waals surface area contributed by atoms with Crippen LogP contribution in [0.3, 0.4) is 0 Å². The molecule has 23 heavy (non-hydrogen) atoms. The Hall–Kier alpha value is -2.75. The van der Waals surface area contributed by atoms with Crippen molar-refractivity contribution in [3.8, 4) is 5.75 Å². The number of fused-ring (bicyclic) bond motifs is 1. The van der Waals surface area contributed by atoms with Crippen LogP contribution in [0.15, 0.2) is 54.7 Å². The Morgan fingerprint density at radius 1 is 1.09 bits per heavy atom. The van der Waals surface area contributed by atoms with Crippen molar-refractivity contribution >= 4 is 16.9 Å². The lowest BCUT2D eigenvalue weighted by Crippen LogP contribution is -1.97. The summed E-state index contributed by atoms with van der Waals surface area (Å²) in [5.41, 5.74) is 3.37. The van der Waals surface area contributed by atoms with E-state index in [-0.39, 0.29) is 6.42 Å². The van der Waals surface area contributed by atoms with Crippen molar-refractivity contribution in [2.75, 3.05) is 0 Å². The van der Waals surface area contributed by atoms with Gasteiger partial charge in [-0.15, -0.1) is 0 Å². The van der Waals surface area contributed by atoms with Crippen LogP contribution in [0.5, 0.6) is 5.75 Å². The van der Waals surface area contributed by atoms with Crippen LogP contribution in [-0.2, 0) is 17.8 Å². The highest BCUT2D eigenvalue weighted by Gasteiger charge is 2.04. The van der Waals surface area contributed by atoms with Gasteiger partial charge < -0.3 is 14.8 Å². The van der Waals surface area contributed by atoms with Gasteiger partial charge in [0.15, 0.2) is 0 Å². The van der Waals surface area contributed by atoms with E-state index in [2.05, 4.69) is 11.1 Å². The Balaban J connectivity index is 1.57. The summed E-state index contributed by atoms with van der Waals surface area (Å²) in [4.78, 5) is 13.7. The number of rotatable bonds is 7. The van der Waals surface area contributed by atoms with E-state index in [1.807, 2.05) is 48.7 Å². The molecule has 0 amide bonds. The largest absolute Gasteiger partial charge is 0.489 e. The number of aromatic nitrogens is 1. The Kier molecular flexibility index (Phi) is 4.62. The summed E-state index contributed by atoms with van der Waals surface area (Å²) in [6.07, 6.45) is 3.61. The van der Waals surface area contributed by atoms with Crippen molar-refractivity contribution in [3.63, 3.8) is 0 Å². The minimum Gasteiger partial charge on any atom is -0.489 e. The number of para-hydroxylation sites is 1. The molecular formula is C19H19NO3. The summed E-state index contributed by atoms with van der Waals surface area (Å²) in [6, 6.07) is 16.0. The Labute approximate surface area is 134 Å². The van der Waals surface area contributed by atoms with Gasteiger partial charge in [0.05, 0.1) is 0 Å². The Bertz CT molecular complexity index is 790. The van der Waals surface area contributed by atoms with Gasteiger partial charge >= 0.3 is 5.97 Å². The van der Waals surface area contributed by atoms with Crippen molar-refractivity contribution in [2.24, 2.45) is 0 Å². The number of nitrogens with one attached hydrogen (secondary N) is 1. The summed E-state index contributed by atoms with van der Waals surface area (Å²) in [7, 11) is 0. The Morgan fingerprint density at radius 2 is 1.87 bits per heavy atom. The van der Waals surface area contributed by atoms with Gasteiger partial charge in [0, 0.05) is 29.1 Å². The highest BCUT2D eigenvalue weighted by molar-refractivity contribution is 5.82. The summed E-state index contributed by atoms with van der Waals surface area (Å²) < 4.78 is 5.84. The van der Waals surface area contributed by atoms with Gasteiger partial charge in [-0.2, -0.15) is 0 Å². The first kappa shape index (κ1) is 15.2. The number of carbonyl (C=O) groups is 1. The molecular weight excluding hydrogens is 290 g/mol. The SMILES string of the molecule is O=C(O)CCCc1ccc(OCc2c[nH]c3ccccc23)cc1. The molecule has 0 unspecified atom stereocenters. The lowest BCUT2D eigenvalue weighted by molar-refractivity contribution is -0.137. The van der Waals surface area contributed by atoms with Gasteiger partial charge in [-0.25, -0.2) is 0 Å². The molecule has 0 atom stereocenters. The zero-order valence-electron chi connectivity index (χ0n) is 12.8. The number of hydrogen-bond donors (Lipinski definition) is 2. The second-order valence-corrected chi connectivity index (χ2v) is 5.54. The molecule has 3 rings (SSSR count). The number of H-pyrrole nitrogens is 1. The van der Waals surface area contributed by atoms with Crippen molar-refractivity contribution in [1.82, 2.24) is 4.98 Å². The fourth-order valence-electron chi connectivity index (χ4n) is 2.61. The van der Waals surface area contributed by atoms with Crippen LogP contribution in [0.1, 0.15) is 24.0 Å². The second-order valence-electron chi connectivity index (χ2n) is 5.54. The second kappa shape index (κ2) is 7.01. The highest BCUT2D eigenvalue weighted by Crippen LogP contribution is 2.20. The van der Waals surface area contributed by atoms with Crippen LogP contribution in [0, 0.1) is 0 Å². The molecule has 4 heteroatoms. The smallest absolute Gasteiger partial charge is 0.303 e. The summed E-state index contributed by atoms with van der Waals surface area (Å²) >= 11 is 0. The zero-order valence-corrected chi connectivity index (χ0v) is 12.8. The molecule has 0 saturated carbocycles. The lowest BCUT2D eigenvalue weighted by Gasteiger charge is -2.07. The fourth-order valence-corrected chi connectivity index (χ4v) is 2.61. The maximum absolute atomic E-state index is 10.5. The zero-order chi connectivity index (χ0) is 16.1. The number of aryl methyl sites for hydroxylation is 1. The minimum absolute atomic E-state index is 0.207. The van der Waals surface area contributed by atoms with Gasteiger partial charge in [-0.3, -0.25) is 4.79 Å². The van der Waals surface area contributed by atoms with Gasteiger partial charge in [-0.1, -0.05) is 30.3 Å². The first-order valence-electron chi connectivity index (χ1n) is 7.71. The summed E-state index contributed by atoms with van der Waals surface area (Å²) in [6.45, 7) is 0.516. The van der Waals surface area contributed by atoms with E-state index >= 15 is 0 Å². The molecule has 0 aliphatic carbocycles. The molecule has 118 valence electrons. The lowest BCUT2D eigenvalue weighted by atomic mass is 10.1. The third kappa shape index (κ3) is 3.92. The third-order valence-corrected chi connectivity index (χ3v) is 3.85. The molecule has 0 saturated heterocycles. The van der Waals surface area contributed by atoms with E-state index in [9.17, 15) is 4.79 Å². The third-order valence-electron chi connectivity index (χ3n) is 3.85. The fraction of sp³-hybridized carbons (Fsp3) is 0.211. The van der Waals surface area contributed by atoms with Gasteiger partial charge in [0.2, 0.25) is 0 Å². The van der Waals surface area contributed by atoms with E-state index in [4.69, 9.17) is 9.84 Å². The van der Waals surface area contributed by atoms with Crippen LogP contribution in [0.4, 0.5) is 0 Å². The quantitative estimate of drug-likeness (QED) is 0.689. The van der Waals surface area contributed by atoms with Crippen molar-refractivity contribution in [1.29, 1.82) is 0 Å². The van der Waals surface area contributed by atoms with Gasteiger partial charge in [-0.05, 0) is 36.6 Å². The normalized spacial score (nSPS) is 10.8. The molecule has 0 bridgehead atoms. The first-order valence-corrected chi connectivity index (χ1v) is 7.71. The number of ether oxygens (including phenoxy) is 1. The van der Waals surface area contributed by atoms with E-state index in [0.29, 0.717) is 13.0 Å². The average molecular weight is 309 g/mol. The highest BCUT2D eigenvalue weighted by atomic mass is 16.5. The first-order chi connectivity index (χ1) is 11.2. The average Bonchev–Trinajstić information content (AvgIpc) is 2.97. The maximum Gasteiger partial charge on any atom is 0.303 e. The van der Waals surface area contributed by atoms with Crippen molar-refractivity contribution < 1.29 is 14.6 Å². The van der Waals surface area contributed by atoms with Crippen LogP contribution >= 0.6 is 0 Å². The standard InChI is InChI=1S/C19H19NO3/c21-19(22)7-3-4-14-8-10-16(11-9-14)23-13-15-12-20-18-6-2-1-5-17(15)18/h1-2,5-6,8-12,20H,3-4,7,13H2,(H,21,22). The topological polar surface area (TPSA) is 62.3 Å². The molecule has 2 N–H and O–H groups in total. The van der Waals surface area contributed by atoms with E-state index in [1.165, 1.54) is 5.39 Å². The van der Waals surface area contributed by atoms with Crippen molar-refractivity contribution in [3.05, 3.63) is 65.9 Å². The van der Waals surface area contributed by atoms with E-state index in [0.717, 1.165) is 28.8 Å². The molecule has 0 fully saturated rings. The maximum atomic E-state index is 10.5. The minimum atomic E-state index is -0.747. The number of aromatic amines is 1. The number of hydrogen-bond acceptors (Lipinski definition) is 2. The van der Waals surface area contributed by atoms with Crippen LogP contribution in [0.25, 0.3) is 10.9 Å². The van der Waals surface area contributed by atoms with Crippen LogP contribution in [-0.4, -0.2) is 16.1 Å². The number of carboxylic acid groups (broad SMARTS) is 1.